The van der Waals surface area contributed by atoms with Gasteiger partial charge in [0.1, 0.15) is 11.6 Å². The van der Waals surface area contributed by atoms with Gasteiger partial charge in [-0.25, -0.2) is 4.98 Å². The molecule has 0 saturated carbocycles. The molecule has 2 aromatic rings. The number of pyridine rings is 1. The Kier molecular flexibility index (Phi) is 7.83. The van der Waals surface area contributed by atoms with Gasteiger partial charge in [0.25, 0.3) is 11.8 Å². The Labute approximate surface area is 183 Å². The lowest BCUT2D eigenvalue weighted by Crippen LogP contribution is -2.46. The molecular formula is C23H31N5O3. The summed E-state index contributed by atoms with van der Waals surface area (Å²) in [6.45, 7) is 5.74. The second kappa shape index (κ2) is 10.8. The molecule has 0 spiro atoms. The van der Waals surface area contributed by atoms with E-state index in [1.54, 1.807) is 7.11 Å². The van der Waals surface area contributed by atoms with Gasteiger partial charge in [-0.2, -0.15) is 0 Å². The number of rotatable bonds is 8. The first-order valence-corrected chi connectivity index (χ1v) is 10.8. The van der Waals surface area contributed by atoms with Crippen LogP contribution >= 0.6 is 0 Å². The lowest BCUT2D eigenvalue weighted by Gasteiger charge is -2.20. The van der Waals surface area contributed by atoms with Crippen LogP contribution in [0.2, 0.25) is 0 Å². The third kappa shape index (κ3) is 5.95. The number of hydrazine groups is 1. The Hall–Kier alpha value is -3.13. The van der Waals surface area contributed by atoms with Gasteiger partial charge in [0.05, 0.1) is 19.2 Å². The number of nitrogens with zero attached hydrogens (tertiary/aromatic N) is 2. The molecule has 0 bridgehead atoms. The van der Waals surface area contributed by atoms with Crippen LogP contribution in [0.1, 0.15) is 48.3 Å². The first-order chi connectivity index (χ1) is 15.0. The predicted octanol–water partition coefficient (Wildman–Crippen LogP) is 2.82. The average Bonchev–Trinajstić information content (AvgIpc) is 2.81. The van der Waals surface area contributed by atoms with Crippen molar-refractivity contribution in [2.75, 3.05) is 32.1 Å². The van der Waals surface area contributed by atoms with Gasteiger partial charge in [-0.3, -0.25) is 25.3 Å². The highest BCUT2D eigenvalue weighted by atomic mass is 16.5. The fourth-order valence-corrected chi connectivity index (χ4v) is 3.60. The highest BCUT2D eigenvalue weighted by Crippen LogP contribution is 2.27. The summed E-state index contributed by atoms with van der Waals surface area (Å²) in [7, 11) is 1.62. The maximum absolute atomic E-state index is 12.9. The number of aromatic nitrogens is 1. The van der Waals surface area contributed by atoms with Gasteiger partial charge in [0.2, 0.25) is 0 Å². The third-order valence-electron chi connectivity index (χ3n) is 5.48. The fraction of sp³-hybridized carbons (Fsp3) is 0.435. The summed E-state index contributed by atoms with van der Waals surface area (Å²) in [5.74, 6) is 0.566. The maximum Gasteiger partial charge on any atom is 0.273 e. The van der Waals surface area contributed by atoms with Crippen molar-refractivity contribution >= 4 is 23.3 Å². The molecule has 0 saturated heterocycles. The van der Waals surface area contributed by atoms with Crippen molar-refractivity contribution < 1.29 is 14.3 Å². The van der Waals surface area contributed by atoms with Crippen LogP contribution in [-0.2, 0) is 17.6 Å². The Morgan fingerprint density at radius 2 is 1.77 bits per heavy atom. The molecule has 3 N–H and O–H groups in total. The monoisotopic (exact) mass is 425 g/mol. The van der Waals surface area contributed by atoms with Gasteiger partial charge in [0, 0.05) is 11.4 Å². The van der Waals surface area contributed by atoms with Crippen LogP contribution < -0.4 is 20.9 Å². The summed E-state index contributed by atoms with van der Waals surface area (Å²) in [6.07, 6.45) is 3.98. The normalized spacial score (nSPS) is 12.8. The molecule has 8 nitrogen and oxygen atoms in total. The largest absolute Gasteiger partial charge is 0.497 e. The van der Waals surface area contributed by atoms with Crippen molar-refractivity contribution in [2.45, 2.75) is 39.5 Å². The van der Waals surface area contributed by atoms with E-state index in [1.165, 1.54) is 0 Å². The molecule has 1 aliphatic carbocycles. The van der Waals surface area contributed by atoms with Gasteiger partial charge < -0.3 is 10.1 Å². The number of carbonyl (C=O) groups excluding carboxylic acids is 2. The third-order valence-corrected chi connectivity index (χ3v) is 5.48. The number of amides is 2. The maximum atomic E-state index is 12.9. The molecule has 0 fully saturated rings. The molecule has 166 valence electrons. The number of aryl methyl sites for hydroxylation is 2. The van der Waals surface area contributed by atoms with E-state index < -0.39 is 5.91 Å². The van der Waals surface area contributed by atoms with Crippen LogP contribution in [0.5, 0.6) is 5.75 Å². The smallest absolute Gasteiger partial charge is 0.273 e. The van der Waals surface area contributed by atoms with E-state index in [2.05, 4.69) is 16.2 Å². The number of anilines is 2. The number of ether oxygens (including phenoxy) is 1. The van der Waals surface area contributed by atoms with E-state index in [4.69, 9.17) is 9.72 Å². The summed E-state index contributed by atoms with van der Waals surface area (Å²) in [6, 6.07) is 9.31. The highest BCUT2D eigenvalue weighted by Gasteiger charge is 2.20. The minimum Gasteiger partial charge on any atom is -0.497 e. The zero-order valence-corrected chi connectivity index (χ0v) is 18.5. The van der Waals surface area contributed by atoms with Gasteiger partial charge in [-0.05, 0) is 74.7 Å². The summed E-state index contributed by atoms with van der Waals surface area (Å²) < 4.78 is 5.20. The zero-order valence-electron chi connectivity index (χ0n) is 18.5. The van der Waals surface area contributed by atoms with Crippen molar-refractivity contribution in [1.29, 1.82) is 0 Å². The molecule has 1 heterocycles. The molecule has 1 aliphatic rings. The Bertz CT molecular complexity index is 910. The van der Waals surface area contributed by atoms with Crippen LogP contribution in [0.4, 0.5) is 11.5 Å². The molecule has 0 aliphatic heterocycles. The number of likely N-dealkylation sites (N-methyl/N-ethyl adjacent to an activating group) is 1. The first kappa shape index (κ1) is 22.6. The Balaban J connectivity index is 1.78. The average molecular weight is 426 g/mol. The van der Waals surface area contributed by atoms with Crippen LogP contribution in [0, 0.1) is 0 Å². The fourth-order valence-electron chi connectivity index (χ4n) is 3.60. The van der Waals surface area contributed by atoms with Crippen molar-refractivity contribution in [2.24, 2.45) is 0 Å². The SMILES string of the molecule is CCN(CC)CC(=O)NNC(=O)c1cc2c(nc1Nc1ccc(OC)cc1)CCCC2. The lowest BCUT2D eigenvalue weighted by molar-refractivity contribution is -0.122. The molecule has 1 aromatic carbocycles. The molecule has 8 heteroatoms. The van der Waals surface area contributed by atoms with Crippen LogP contribution in [0.3, 0.4) is 0 Å². The minimum atomic E-state index is -0.398. The standard InChI is InChI=1S/C23H31N5O3/c1-4-28(5-2)15-21(29)26-27-23(30)19-14-16-8-6-7-9-20(16)25-22(19)24-17-10-12-18(31-3)13-11-17/h10-14H,4-9,15H2,1-3H3,(H,24,25)(H,26,29)(H,27,30). The topological polar surface area (TPSA) is 95.6 Å². The molecule has 2 amide bonds. The molecular weight excluding hydrogens is 394 g/mol. The van der Waals surface area contributed by atoms with Crippen LogP contribution in [0.25, 0.3) is 0 Å². The number of benzene rings is 1. The van der Waals surface area contributed by atoms with E-state index in [0.29, 0.717) is 11.4 Å². The number of methoxy groups -OCH3 is 1. The van der Waals surface area contributed by atoms with E-state index >= 15 is 0 Å². The Morgan fingerprint density at radius 3 is 2.45 bits per heavy atom. The second-order valence-electron chi connectivity index (χ2n) is 7.51. The van der Waals surface area contributed by atoms with Crippen molar-refractivity contribution in [3.8, 4) is 5.75 Å². The second-order valence-corrected chi connectivity index (χ2v) is 7.51. The number of carbonyl (C=O) groups is 2. The van der Waals surface area contributed by atoms with E-state index in [0.717, 1.165) is 61.5 Å². The van der Waals surface area contributed by atoms with Crippen LogP contribution in [-0.4, -0.2) is 48.4 Å². The van der Waals surface area contributed by atoms with Crippen molar-refractivity contribution in [3.05, 3.63) is 47.2 Å². The van der Waals surface area contributed by atoms with E-state index in [1.807, 2.05) is 49.1 Å². The van der Waals surface area contributed by atoms with Crippen molar-refractivity contribution in [1.82, 2.24) is 20.7 Å². The van der Waals surface area contributed by atoms with E-state index in [-0.39, 0.29) is 12.5 Å². The number of fused-ring (bicyclic) bond motifs is 1. The van der Waals surface area contributed by atoms with E-state index in [9.17, 15) is 9.59 Å². The lowest BCUT2D eigenvalue weighted by atomic mass is 9.94. The first-order valence-electron chi connectivity index (χ1n) is 10.8. The summed E-state index contributed by atoms with van der Waals surface area (Å²) in [5.41, 5.74) is 8.36. The zero-order chi connectivity index (χ0) is 22.2. The van der Waals surface area contributed by atoms with Gasteiger partial charge in [-0.15, -0.1) is 0 Å². The molecule has 0 radical (unpaired) electrons. The number of hydrogen-bond donors (Lipinski definition) is 3. The summed E-state index contributed by atoms with van der Waals surface area (Å²) >= 11 is 0. The highest BCUT2D eigenvalue weighted by molar-refractivity contribution is 6.00. The van der Waals surface area contributed by atoms with Gasteiger partial charge in [0.15, 0.2) is 0 Å². The van der Waals surface area contributed by atoms with Gasteiger partial charge in [-0.1, -0.05) is 13.8 Å². The molecule has 3 rings (SSSR count). The summed E-state index contributed by atoms with van der Waals surface area (Å²) in [5, 5.41) is 3.24. The Morgan fingerprint density at radius 1 is 1.06 bits per heavy atom. The quantitative estimate of drug-likeness (QED) is 0.563. The molecule has 0 atom stereocenters. The summed E-state index contributed by atoms with van der Waals surface area (Å²) in [4.78, 5) is 31.8. The predicted molar refractivity (Wildman–Crippen MR) is 121 cm³/mol. The minimum absolute atomic E-state index is 0.229. The molecule has 1 aromatic heterocycles. The van der Waals surface area contributed by atoms with Crippen LogP contribution in [0.15, 0.2) is 30.3 Å². The molecule has 0 unspecified atom stereocenters. The number of hydrogen-bond acceptors (Lipinski definition) is 6. The number of nitrogens with one attached hydrogen (secondary N) is 3. The van der Waals surface area contributed by atoms with Gasteiger partial charge >= 0.3 is 0 Å². The molecule has 31 heavy (non-hydrogen) atoms. The van der Waals surface area contributed by atoms with Crippen molar-refractivity contribution in [3.63, 3.8) is 0 Å².